The van der Waals surface area contributed by atoms with Gasteiger partial charge in [0.15, 0.2) is 6.04 Å². The summed E-state index contributed by atoms with van der Waals surface area (Å²) in [6.45, 7) is 4.22. The number of fused-ring (bicyclic) bond motifs is 1. The summed E-state index contributed by atoms with van der Waals surface area (Å²) in [5, 5.41) is 9.68. The van der Waals surface area contributed by atoms with E-state index in [4.69, 9.17) is 0 Å². The van der Waals surface area contributed by atoms with Crippen molar-refractivity contribution in [3.05, 3.63) is 70.3 Å². The van der Waals surface area contributed by atoms with Crippen LogP contribution in [0.3, 0.4) is 0 Å². The maximum absolute atomic E-state index is 13.0. The Hall–Kier alpha value is -2.62. The van der Waals surface area contributed by atoms with Crippen molar-refractivity contribution in [2.75, 3.05) is 6.54 Å². The molecule has 0 saturated heterocycles. The molecule has 1 heterocycles. The summed E-state index contributed by atoms with van der Waals surface area (Å²) in [6.07, 6.45) is 0.677. The second-order valence-electron chi connectivity index (χ2n) is 6.01. The summed E-state index contributed by atoms with van der Waals surface area (Å²) >= 11 is 0. The summed E-state index contributed by atoms with van der Waals surface area (Å²) in [4.78, 5) is 26.3. The lowest BCUT2D eigenvalue weighted by atomic mass is 9.91. The van der Waals surface area contributed by atoms with Crippen molar-refractivity contribution in [3.63, 3.8) is 0 Å². The highest BCUT2D eigenvalue weighted by atomic mass is 16.4. The van der Waals surface area contributed by atoms with Gasteiger partial charge in [0.2, 0.25) is 0 Å². The average molecular weight is 309 g/mol. The summed E-state index contributed by atoms with van der Waals surface area (Å²) in [6, 6.07) is 12.2. The maximum Gasteiger partial charge on any atom is 0.331 e. The van der Waals surface area contributed by atoms with Crippen molar-refractivity contribution in [2.24, 2.45) is 0 Å². The van der Waals surface area contributed by atoms with Gasteiger partial charge < -0.3 is 10.0 Å². The van der Waals surface area contributed by atoms with E-state index in [0.717, 1.165) is 16.7 Å². The number of benzene rings is 2. The molecular formula is C19H19NO3. The van der Waals surface area contributed by atoms with Crippen molar-refractivity contribution in [1.82, 2.24) is 4.90 Å². The monoisotopic (exact) mass is 309 g/mol. The van der Waals surface area contributed by atoms with Gasteiger partial charge in [-0.3, -0.25) is 4.79 Å². The van der Waals surface area contributed by atoms with Crippen LogP contribution in [-0.2, 0) is 11.2 Å². The number of carboxylic acids is 1. The maximum atomic E-state index is 13.0. The largest absolute Gasteiger partial charge is 0.479 e. The summed E-state index contributed by atoms with van der Waals surface area (Å²) < 4.78 is 0. The van der Waals surface area contributed by atoms with Crippen LogP contribution in [0.25, 0.3) is 0 Å². The van der Waals surface area contributed by atoms with Crippen LogP contribution in [-0.4, -0.2) is 28.4 Å². The molecule has 1 aliphatic heterocycles. The van der Waals surface area contributed by atoms with Crippen LogP contribution in [0.1, 0.15) is 38.7 Å². The topological polar surface area (TPSA) is 57.6 Å². The van der Waals surface area contributed by atoms with E-state index >= 15 is 0 Å². The van der Waals surface area contributed by atoms with Gasteiger partial charge in [-0.25, -0.2) is 4.79 Å². The minimum Gasteiger partial charge on any atom is -0.479 e. The van der Waals surface area contributed by atoms with Gasteiger partial charge in [-0.2, -0.15) is 0 Å². The van der Waals surface area contributed by atoms with E-state index in [1.807, 2.05) is 50.2 Å². The van der Waals surface area contributed by atoms with Crippen LogP contribution >= 0.6 is 0 Å². The number of carbonyl (C=O) groups excluding carboxylic acids is 1. The molecule has 4 heteroatoms. The molecule has 0 fully saturated rings. The number of aryl methyl sites for hydroxylation is 2. The normalized spacial score (nSPS) is 16.8. The number of aliphatic carboxylic acids is 1. The number of carbonyl (C=O) groups is 2. The van der Waals surface area contributed by atoms with E-state index in [9.17, 15) is 14.7 Å². The van der Waals surface area contributed by atoms with Crippen LogP contribution in [0.2, 0.25) is 0 Å². The molecule has 1 aliphatic rings. The first-order chi connectivity index (χ1) is 11.0. The number of hydrogen-bond donors (Lipinski definition) is 1. The highest BCUT2D eigenvalue weighted by Crippen LogP contribution is 2.31. The lowest BCUT2D eigenvalue weighted by Gasteiger charge is -2.35. The Morgan fingerprint density at radius 3 is 2.61 bits per heavy atom. The number of hydrogen-bond acceptors (Lipinski definition) is 2. The molecule has 1 atom stereocenters. The molecule has 0 spiro atoms. The molecule has 2 aromatic carbocycles. The van der Waals surface area contributed by atoms with Crippen LogP contribution < -0.4 is 0 Å². The van der Waals surface area contributed by atoms with Crippen molar-refractivity contribution in [1.29, 1.82) is 0 Å². The predicted molar refractivity (Wildman–Crippen MR) is 87.5 cm³/mol. The van der Waals surface area contributed by atoms with Gasteiger partial charge in [-0.05, 0) is 43.0 Å². The molecule has 4 nitrogen and oxygen atoms in total. The first-order valence-corrected chi connectivity index (χ1v) is 7.68. The van der Waals surface area contributed by atoms with Gasteiger partial charge in [0.05, 0.1) is 0 Å². The highest BCUT2D eigenvalue weighted by Gasteiger charge is 2.36. The zero-order valence-electron chi connectivity index (χ0n) is 13.2. The van der Waals surface area contributed by atoms with Gasteiger partial charge in [0.1, 0.15) is 0 Å². The van der Waals surface area contributed by atoms with E-state index in [1.165, 1.54) is 4.90 Å². The number of nitrogens with zero attached hydrogens (tertiary/aromatic N) is 1. The Bertz CT molecular complexity index is 782. The van der Waals surface area contributed by atoms with E-state index in [1.54, 1.807) is 6.07 Å². The fourth-order valence-electron chi connectivity index (χ4n) is 3.17. The van der Waals surface area contributed by atoms with Gasteiger partial charge >= 0.3 is 5.97 Å². The van der Waals surface area contributed by atoms with E-state index in [-0.39, 0.29) is 5.91 Å². The zero-order chi connectivity index (χ0) is 16.6. The first kappa shape index (κ1) is 15.3. The number of rotatable bonds is 2. The van der Waals surface area contributed by atoms with Crippen molar-refractivity contribution in [2.45, 2.75) is 26.3 Å². The standard InChI is InChI=1S/C19H19NO3/c1-12-7-8-13(2)16(11-12)18(21)20-10-9-14-5-3-4-6-15(14)17(20)19(22)23/h3-8,11,17H,9-10H2,1-2H3,(H,22,23). The van der Waals surface area contributed by atoms with E-state index in [0.29, 0.717) is 24.1 Å². The summed E-state index contributed by atoms with van der Waals surface area (Å²) in [5.41, 5.74) is 4.15. The fourth-order valence-corrected chi connectivity index (χ4v) is 3.17. The van der Waals surface area contributed by atoms with E-state index < -0.39 is 12.0 Å². The highest BCUT2D eigenvalue weighted by molar-refractivity contribution is 5.98. The Labute approximate surface area is 135 Å². The lowest BCUT2D eigenvalue weighted by Crippen LogP contribution is -2.43. The molecule has 0 bridgehead atoms. The molecule has 1 amide bonds. The number of amides is 1. The molecular weight excluding hydrogens is 290 g/mol. The Kier molecular flexibility index (Phi) is 3.90. The van der Waals surface area contributed by atoms with Crippen LogP contribution in [0.4, 0.5) is 0 Å². The minimum atomic E-state index is -0.990. The Morgan fingerprint density at radius 2 is 1.87 bits per heavy atom. The Balaban J connectivity index is 2.04. The SMILES string of the molecule is Cc1ccc(C)c(C(=O)N2CCc3ccccc3C2C(=O)O)c1. The van der Waals surface area contributed by atoms with Crippen LogP contribution in [0.15, 0.2) is 42.5 Å². The van der Waals surface area contributed by atoms with Crippen molar-refractivity contribution >= 4 is 11.9 Å². The average Bonchev–Trinajstić information content (AvgIpc) is 2.55. The summed E-state index contributed by atoms with van der Waals surface area (Å²) in [7, 11) is 0. The van der Waals surface area contributed by atoms with Gasteiger partial charge in [-0.15, -0.1) is 0 Å². The molecule has 1 N–H and O–H groups in total. The lowest BCUT2D eigenvalue weighted by molar-refractivity contribution is -0.143. The third-order valence-corrected chi connectivity index (χ3v) is 4.40. The van der Waals surface area contributed by atoms with Gasteiger partial charge in [0, 0.05) is 12.1 Å². The Morgan fingerprint density at radius 1 is 1.13 bits per heavy atom. The number of carboxylic acid groups (broad SMARTS) is 1. The summed E-state index contributed by atoms with van der Waals surface area (Å²) in [5.74, 6) is -1.20. The molecule has 3 rings (SSSR count). The van der Waals surface area contributed by atoms with Crippen LogP contribution in [0.5, 0.6) is 0 Å². The second kappa shape index (κ2) is 5.88. The molecule has 0 saturated carbocycles. The smallest absolute Gasteiger partial charge is 0.331 e. The van der Waals surface area contributed by atoms with Gasteiger partial charge in [0.25, 0.3) is 5.91 Å². The molecule has 23 heavy (non-hydrogen) atoms. The zero-order valence-corrected chi connectivity index (χ0v) is 13.2. The molecule has 0 radical (unpaired) electrons. The second-order valence-corrected chi connectivity index (χ2v) is 6.01. The molecule has 0 aromatic heterocycles. The third kappa shape index (κ3) is 2.72. The van der Waals surface area contributed by atoms with E-state index in [2.05, 4.69) is 0 Å². The quantitative estimate of drug-likeness (QED) is 0.927. The first-order valence-electron chi connectivity index (χ1n) is 7.68. The fraction of sp³-hybridized carbons (Fsp3) is 0.263. The molecule has 118 valence electrons. The van der Waals surface area contributed by atoms with Crippen LogP contribution in [0, 0.1) is 13.8 Å². The van der Waals surface area contributed by atoms with Crippen molar-refractivity contribution < 1.29 is 14.7 Å². The minimum absolute atomic E-state index is 0.215. The predicted octanol–water partition coefficient (Wildman–Crippen LogP) is 3.13. The van der Waals surface area contributed by atoms with Crippen molar-refractivity contribution in [3.8, 4) is 0 Å². The van der Waals surface area contributed by atoms with Gasteiger partial charge in [-0.1, -0.05) is 42.0 Å². The molecule has 0 aliphatic carbocycles. The molecule has 1 unspecified atom stereocenters. The third-order valence-electron chi connectivity index (χ3n) is 4.40. The molecule has 2 aromatic rings.